The standard InChI is InChI=1S/C12H14N4O3S/c13-20(18,19)10-3-1-9(2-4-10)5-7-14-12(17)11-6-8-15-16-11/h1-4,6,8H,5,7H2,(H,14,17)(H,15,16)(H2,13,18,19). The van der Waals surface area contributed by atoms with Gasteiger partial charge in [-0.25, -0.2) is 13.6 Å². The summed E-state index contributed by atoms with van der Waals surface area (Å²) >= 11 is 0. The Hall–Kier alpha value is -2.19. The van der Waals surface area contributed by atoms with E-state index in [9.17, 15) is 13.2 Å². The number of aromatic amines is 1. The highest BCUT2D eigenvalue weighted by molar-refractivity contribution is 7.89. The summed E-state index contributed by atoms with van der Waals surface area (Å²) in [5, 5.41) is 14.0. The highest BCUT2D eigenvalue weighted by Gasteiger charge is 2.08. The zero-order chi connectivity index (χ0) is 14.6. The maximum atomic E-state index is 11.6. The van der Waals surface area contributed by atoms with Gasteiger partial charge in [0.1, 0.15) is 5.69 Å². The predicted molar refractivity (Wildman–Crippen MR) is 72.4 cm³/mol. The number of sulfonamides is 1. The molecule has 4 N–H and O–H groups in total. The van der Waals surface area contributed by atoms with Gasteiger partial charge < -0.3 is 5.32 Å². The number of nitrogens with zero attached hydrogens (tertiary/aromatic N) is 1. The molecule has 20 heavy (non-hydrogen) atoms. The van der Waals surface area contributed by atoms with Gasteiger partial charge >= 0.3 is 0 Å². The minimum atomic E-state index is -3.66. The van der Waals surface area contributed by atoms with E-state index >= 15 is 0 Å². The van der Waals surface area contributed by atoms with Gasteiger partial charge in [-0.2, -0.15) is 5.10 Å². The SMILES string of the molecule is NS(=O)(=O)c1ccc(CCNC(=O)c2ccn[nH]2)cc1. The molecular formula is C12H14N4O3S. The first-order chi connectivity index (χ1) is 9.47. The number of nitrogens with two attached hydrogens (primary N) is 1. The monoisotopic (exact) mass is 294 g/mol. The van der Waals surface area contributed by atoms with Crippen LogP contribution in [0.1, 0.15) is 16.1 Å². The van der Waals surface area contributed by atoms with E-state index in [0.29, 0.717) is 18.7 Å². The zero-order valence-electron chi connectivity index (χ0n) is 10.5. The number of aromatic nitrogens is 2. The number of hydrogen-bond acceptors (Lipinski definition) is 4. The van der Waals surface area contributed by atoms with Crippen LogP contribution in [0.15, 0.2) is 41.4 Å². The van der Waals surface area contributed by atoms with E-state index in [-0.39, 0.29) is 10.8 Å². The van der Waals surface area contributed by atoms with Crippen molar-refractivity contribution < 1.29 is 13.2 Å². The summed E-state index contributed by atoms with van der Waals surface area (Å²) in [7, 11) is -3.66. The summed E-state index contributed by atoms with van der Waals surface area (Å²) in [4.78, 5) is 11.7. The van der Waals surface area contributed by atoms with Crippen molar-refractivity contribution >= 4 is 15.9 Å². The lowest BCUT2D eigenvalue weighted by atomic mass is 10.1. The van der Waals surface area contributed by atoms with E-state index < -0.39 is 10.0 Å². The normalized spacial score (nSPS) is 11.2. The molecule has 106 valence electrons. The Bertz CT molecular complexity index is 678. The van der Waals surface area contributed by atoms with E-state index in [1.54, 1.807) is 18.2 Å². The number of benzene rings is 1. The van der Waals surface area contributed by atoms with Crippen LogP contribution in [-0.2, 0) is 16.4 Å². The molecule has 1 amide bonds. The smallest absolute Gasteiger partial charge is 0.269 e. The molecule has 2 aromatic rings. The number of nitrogens with one attached hydrogen (secondary N) is 2. The second kappa shape index (κ2) is 5.85. The van der Waals surface area contributed by atoms with Crippen molar-refractivity contribution in [3.63, 3.8) is 0 Å². The maximum absolute atomic E-state index is 11.6. The Balaban J connectivity index is 1.87. The Morgan fingerprint density at radius 1 is 1.25 bits per heavy atom. The van der Waals surface area contributed by atoms with Gasteiger partial charge in [0.2, 0.25) is 10.0 Å². The van der Waals surface area contributed by atoms with Crippen molar-refractivity contribution in [2.24, 2.45) is 5.14 Å². The molecule has 0 aliphatic heterocycles. The molecule has 7 nitrogen and oxygen atoms in total. The second-order valence-electron chi connectivity index (χ2n) is 4.17. The fraction of sp³-hybridized carbons (Fsp3) is 0.167. The number of carbonyl (C=O) groups excluding carboxylic acids is 1. The van der Waals surface area contributed by atoms with E-state index in [0.717, 1.165) is 5.56 Å². The van der Waals surface area contributed by atoms with E-state index in [1.165, 1.54) is 18.3 Å². The molecule has 8 heteroatoms. The lowest BCUT2D eigenvalue weighted by Crippen LogP contribution is -2.26. The van der Waals surface area contributed by atoms with Crippen molar-refractivity contribution in [3.8, 4) is 0 Å². The topological polar surface area (TPSA) is 118 Å². The van der Waals surface area contributed by atoms with Crippen LogP contribution in [0.4, 0.5) is 0 Å². The molecule has 1 aromatic heterocycles. The summed E-state index contributed by atoms with van der Waals surface area (Å²) in [5.74, 6) is -0.233. The second-order valence-corrected chi connectivity index (χ2v) is 5.73. The van der Waals surface area contributed by atoms with Gasteiger partial charge in [0, 0.05) is 12.7 Å². The van der Waals surface area contributed by atoms with Crippen LogP contribution in [0.2, 0.25) is 0 Å². The molecule has 0 saturated carbocycles. The van der Waals surface area contributed by atoms with Gasteiger partial charge in [0.15, 0.2) is 0 Å². The molecule has 2 rings (SSSR count). The summed E-state index contributed by atoms with van der Waals surface area (Å²) in [6.07, 6.45) is 2.09. The van der Waals surface area contributed by atoms with Crippen LogP contribution in [0.3, 0.4) is 0 Å². The van der Waals surface area contributed by atoms with Gasteiger partial charge in [-0.3, -0.25) is 9.89 Å². The first-order valence-electron chi connectivity index (χ1n) is 5.86. The fourth-order valence-electron chi connectivity index (χ4n) is 1.64. The van der Waals surface area contributed by atoms with Crippen LogP contribution in [0.5, 0.6) is 0 Å². The Kier molecular flexibility index (Phi) is 4.16. The molecule has 0 unspecified atom stereocenters. The lowest BCUT2D eigenvalue weighted by molar-refractivity contribution is 0.0949. The Labute approximate surface area is 116 Å². The first kappa shape index (κ1) is 14.2. The van der Waals surface area contributed by atoms with E-state index in [1.807, 2.05) is 0 Å². The number of carbonyl (C=O) groups is 1. The van der Waals surface area contributed by atoms with E-state index in [4.69, 9.17) is 5.14 Å². The van der Waals surface area contributed by atoms with Gasteiger partial charge in [-0.05, 0) is 30.2 Å². The number of hydrogen-bond donors (Lipinski definition) is 3. The highest BCUT2D eigenvalue weighted by Crippen LogP contribution is 2.08. The molecule has 0 bridgehead atoms. The summed E-state index contributed by atoms with van der Waals surface area (Å²) in [6.45, 7) is 0.437. The maximum Gasteiger partial charge on any atom is 0.269 e. The van der Waals surface area contributed by atoms with Crippen molar-refractivity contribution in [2.45, 2.75) is 11.3 Å². The molecule has 1 aromatic carbocycles. The molecule has 1 heterocycles. The number of H-pyrrole nitrogens is 1. The molecule has 0 radical (unpaired) electrons. The van der Waals surface area contributed by atoms with Crippen molar-refractivity contribution in [1.29, 1.82) is 0 Å². The minimum Gasteiger partial charge on any atom is -0.350 e. The Morgan fingerprint density at radius 3 is 2.50 bits per heavy atom. The largest absolute Gasteiger partial charge is 0.350 e. The third-order valence-corrected chi connectivity index (χ3v) is 3.63. The highest BCUT2D eigenvalue weighted by atomic mass is 32.2. The van der Waals surface area contributed by atoms with Crippen molar-refractivity contribution in [2.75, 3.05) is 6.54 Å². The average molecular weight is 294 g/mol. The molecule has 0 spiro atoms. The first-order valence-corrected chi connectivity index (χ1v) is 7.41. The third-order valence-electron chi connectivity index (χ3n) is 2.70. The van der Waals surface area contributed by atoms with Gasteiger partial charge in [-0.15, -0.1) is 0 Å². The van der Waals surface area contributed by atoms with Gasteiger partial charge in [0.25, 0.3) is 5.91 Å². The molecule has 0 saturated heterocycles. The minimum absolute atomic E-state index is 0.0720. The van der Waals surface area contributed by atoms with Crippen LogP contribution in [0.25, 0.3) is 0 Å². The third kappa shape index (κ3) is 3.65. The van der Waals surface area contributed by atoms with Crippen LogP contribution in [-0.4, -0.2) is 31.1 Å². The lowest BCUT2D eigenvalue weighted by Gasteiger charge is -2.05. The van der Waals surface area contributed by atoms with Crippen LogP contribution < -0.4 is 10.5 Å². The van der Waals surface area contributed by atoms with Gasteiger partial charge in [-0.1, -0.05) is 12.1 Å². The van der Waals surface area contributed by atoms with Gasteiger partial charge in [0.05, 0.1) is 4.90 Å². The quantitative estimate of drug-likeness (QED) is 0.721. The van der Waals surface area contributed by atoms with Crippen molar-refractivity contribution in [3.05, 3.63) is 47.8 Å². The molecule has 0 aliphatic carbocycles. The fourth-order valence-corrected chi connectivity index (χ4v) is 2.16. The Morgan fingerprint density at radius 2 is 1.95 bits per heavy atom. The summed E-state index contributed by atoms with van der Waals surface area (Å²) < 4.78 is 22.2. The summed E-state index contributed by atoms with van der Waals surface area (Å²) in [6, 6.07) is 7.81. The number of primary sulfonamides is 1. The van der Waals surface area contributed by atoms with E-state index in [2.05, 4.69) is 15.5 Å². The van der Waals surface area contributed by atoms with Crippen LogP contribution >= 0.6 is 0 Å². The average Bonchev–Trinajstić information content (AvgIpc) is 2.92. The predicted octanol–water partition coefficient (Wildman–Crippen LogP) is 0.0296. The van der Waals surface area contributed by atoms with Crippen molar-refractivity contribution in [1.82, 2.24) is 15.5 Å². The molecular weight excluding hydrogens is 280 g/mol. The molecule has 0 aliphatic rings. The van der Waals surface area contributed by atoms with Crippen LogP contribution in [0, 0.1) is 0 Å². The number of rotatable bonds is 5. The molecule has 0 atom stereocenters. The number of amides is 1. The molecule has 0 fully saturated rings. The zero-order valence-corrected chi connectivity index (χ0v) is 11.4. The summed E-state index contributed by atoms with van der Waals surface area (Å²) in [5.41, 5.74) is 1.30.